The summed E-state index contributed by atoms with van der Waals surface area (Å²) in [5, 5.41) is 11.8. The average Bonchev–Trinajstić information content (AvgIpc) is 3.20. The van der Waals surface area contributed by atoms with Gasteiger partial charge in [0.05, 0.1) is 12.2 Å². The summed E-state index contributed by atoms with van der Waals surface area (Å²) in [5.74, 6) is 0. The van der Waals surface area contributed by atoms with E-state index in [1.807, 2.05) is 4.90 Å². The second-order valence-electron chi connectivity index (χ2n) is 5.02. The van der Waals surface area contributed by atoms with Crippen LogP contribution in [0, 0.1) is 0 Å². The van der Waals surface area contributed by atoms with Gasteiger partial charge >= 0.3 is 6.18 Å². The van der Waals surface area contributed by atoms with Crippen molar-refractivity contribution in [2.24, 2.45) is 0 Å². The molecule has 2 rings (SSSR count). The summed E-state index contributed by atoms with van der Waals surface area (Å²) in [6, 6.07) is 4.68. The maximum absolute atomic E-state index is 13.1. The van der Waals surface area contributed by atoms with Crippen molar-refractivity contribution in [1.29, 1.82) is 0 Å². The smallest absolute Gasteiger partial charge is 0.395 e. The van der Waals surface area contributed by atoms with Crippen molar-refractivity contribution in [3.63, 3.8) is 0 Å². The molecule has 0 atom stereocenters. The van der Waals surface area contributed by atoms with Crippen LogP contribution < -0.4 is 10.2 Å². The molecule has 0 aliphatic heterocycles. The van der Waals surface area contributed by atoms with Gasteiger partial charge in [-0.1, -0.05) is 6.07 Å². The van der Waals surface area contributed by atoms with Crippen molar-refractivity contribution < 1.29 is 18.3 Å². The first-order valence-electron chi connectivity index (χ1n) is 6.69. The van der Waals surface area contributed by atoms with Gasteiger partial charge in [0.15, 0.2) is 0 Å². The Labute approximate surface area is 116 Å². The molecule has 1 fully saturated rings. The fraction of sp³-hybridized carbons (Fsp3) is 0.571. The van der Waals surface area contributed by atoms with E-state index in [-0.39, 0.29) is 24.8 Å². The number of nitrogens with one attached hydrogen (secondary N) is 1. The highest BCUT2D eigenvalue weighted by atomic mass is 19.4. The summed E-state index contributed by atoms with van der Waals surface area (Å²) >= 11 is 0. The summed E-state index contributed by atoms with van der Waals surface area (Å²) in [4.78, 5) is 1.86. The van der Waals surface area contributed by atoms with Crippen LogP contribution in [0.5, 0.6) is 0 Å². The lowest BCUT2D eigenvalue weighted by molar-refractivity contribution is -0.138. The monoisotopic (exact) mass is 288 g/mol. The predicted molar refractivity (Wildman–Crippen MR) is 71.7 cm³/mol. The molecule has 0 radical (unpaired) electrons. The van der Waals surface area contributed by atoms with Crippen LogP contribution >= 0.6 is 0 Å². The number of aliphatic hydroxyl groups is 1. The molecule has 0 heterocycles. The number of nitrogens with zero attached hydrogens (tertiary/aromatic N) is 1. The summed E-state index contributed by atoms with van der Waals surface area (Å²) in [6.07, 6.45) is -2.42. The second kappa shape index (κ2) is 6.01. The van der Waals surface area contributed by atoms with Crippen LogP contribution in [-0.4, -0.2) is 31.3 Å². The second-order valence-corrected chi connectivity index (χ2v) is 5.02. The zero-order valence-corrected chi connectivity index (χ0v) is 11.4. The van der Waals surface area contributed by atoms with Crippen molar-refractivity contribution in [1.82, 2.24) is 5.32 Å². The number of rotatable bonds is 6. The van der Waals surface area contributed by atoms with Crippen LogP contribution in [-0.2, 0) is 12.7 Å². The SMILES string of the molecule is CNCc1ccc(N(CCO)C2CC2)cc1C(F)(F)F. The molecular weight excluding hydrogens is 269 g/mol. The molecule has 1 aliphatic carbocycles. The highest BCUT2D eigenvalue weighted by molar-refractivity contribution is 5.53. The first-order chi connectivity index (χ1) is 9.47. The maximum atomic E-state index is 13.1. The van der Waals surface area contributed by atoms with Crippen molar-refractivity contribution in [2.45, 2.75) is 31.6 Å². The molecule has 0 amide bonds. The highest BCUT2D eigenvalue weighted by Gasteiger charge is 2.35. The number of aliphatic hydroxyl groups excluding tert-OH is 1. The Bertz CT molecular complexity index is 458. The number of alkyl halides is 3. The molecule has 1 aromatic rings. The molecule has 2 N–H and O–H groups in total. The van der Waals surface area contributed by atoms with Crippen molar-refractivity contribution in [2.75, 3.05) is 25.1 Å². The van der Waals surface area contributed by atoms with Crippen LogP contribution in [0.3, 0.4) is 0 Å². The van der Waals surface area contributed by atoms with Crippen LogP contribution in [0.15, 0.2) is 18.2 Å². The van der Waals surface area contributed by atoms with E-state index in [1.165, 1.54) is 12.1 Å². The lowest BCUT2D eigenvalue weighted by Gasteiger charge is -2.25. The molecule has 0 aromatic heterocycles. The third kappa shape index (κ3) is 3.43. The molecule has 0 unspecified atom stereocenters. The summed E-state index contributed by atoms with van der Waals surface area (Å²) in [6.45, 7) is 0.488. The Morgan fingerprint density at radius 1 is 1.35 bits per heavy atom. The normalized spacial score (nSPS) is 15.4. The number of halogens is 3. The van der Waals surface area contributed by atoms with Crippen LogP contribution in [0.2, 0.25) is 0 Å². The first-order valence-corrected chi connectivity index (χ1v) is 6.69. The Kier molecular flexibility index (Phi) is 4.55. The molecule has 1 aliphatic rings. The quantitative estimate of drug-likeness (QED) is 0.843. The van der Waals surface area contributed by atoms with Gasteiger partial charge < -0.3 is 15.3 Å². The fourth-order valence-corrected chi connectivity index (χ4v) is 2.37. The summed E-state index contributed by atoms with van der Waals surface area (Å²) < 4.78 is 39.4. The third-order valence-corrected chi connectivity index (χ3v) is 3.43. The largest absolute Gasteiger partial charge is 0.416 e. The number of anilines is 1. The van der Waals surface area contributed by atoms with Crippen LogP contribution in [0.1, 0.15) is 24.0 Å². The molecule has 6 heteroatoms. The van der Waals surface area contributed by atoms with Crippen LogP contribution in [0.25, 0.3) is 0 Å². The van der Waals surface area contributed by atoms with Crippen molar-refractivity contribution >= 4 is 5.69 Å². The summed E-state index contributed by atoms with van der Waals surface area (Å²) in [5.41, 5.74) is 0.171. The van der Waals surface area contributed by atoms with Crippen molar-refractivity contribution in [3.8, 4) is 0 Å². The van der Waals surface area contributed by atoms with E-state index in [1.54, 1.807) is 13.1 Å². The van der Waals surface area contributed by atoms with Gasteiger partial charge in [0.2, 0.25) is 0 Å². The molecule has 1 aromatic carbocycles. The van der Waals surface area contributed by atoms with Gasteiger partial charge in [0, 0.05) is 24.8 Å². The molecular formula is C14H19F3N2O. The Hall–Kier alpha value is -1.27. The Morgan fingerprint density at radius 2 is 2.05 bits per heavy atom. The van der Waals surface area contributed by atoms with Gasteiger partial charge in [0.1, 0.15) is 0 Å². The first kappa shape index (κ1) is 15.1. The van der Waals surface area contributed by atoms with Gasteiger partial charge in [-0.2, -0.15) is 13.2 Å². The topological polar surface area (TPSA) is 35.5 Å². The van der Waals surface area contributed by atoms with E-state index in [9.17, 15) is 13.2 Å². The molecule has 0 spiro atoms. The Morgan fingerprint density at radius 3 is 2.55 bits per heavy atom. The number of hydrogen-bond acceptors (Lipinski definition) is 3. The van der Waals surface area contributed by atoms with E-state index in [2.05, 4.69) is 5.32 Å². The van der Waals surface area contributed by atoms with E-state index >= 15 is 0 Å². The lowest BCUT2D eigenvalue weighted by atomic mass is 10.1. The fourth-order valence-electron chi connectivity index (χ4n) is 2.37. The zero-order valence-electron chi connectivity index (χ0n) is 11.4. The van der Waals surface area contributed by atoms with E-state index in [0.717, 1.165) is 12.8 Å². The molecule has 0 bridgehead atoms. The standard InChI is InChI=1S/C14H19F3N2O/c1-18-9-10-2-3-12(8-13(10)14(15,16)17)19(6-7-20)11-4-5-11/h2-3,8,11,18,20H,4-7,9H2,1H3. The minimum atomic E-state index is -4.36. The minimum Gasteiger partial charge on any atom is -0.395 e. The number of hydrogen-bond donors (Lipinski definition) is 2. The molecule has 0 saturated heterocycles. The van der Waals surface area contributed by atoms with Gasteiger partial charge in [-0.15, -0.1) is 0 Å². The highest BCUT2D eigenvalue weighted by Crippen LogP contribution is 2.37. The molecule has 112 valence electrons. The van der Waals surface area contributed by atoms with E-state index < -0.39 is 11.7 Å². The maximum Gasteiger partial charge on any atom is 0.416 e. The summed E-state index contributed by atoms with van der Waals surface area (Å²) in [7, 11) is 1.62. The predicted octanol–water partition coefficient (Wildman–Crippen LogP) is 2.39. The van der Waals surface area contributed by atoms with Crippen LogP contribution in [0.4, 0.5) is 18.9 Å². The van der Waals surface area contributed by atoms with Gasteiger partial charge in [-0.25, -0.2) is 0 Å². The third-order valence-electron chi connectivity index (χ3n) is 3.43. The zero-order chi connectivity index (χ0) is 14.8. The minimum absolute atomic E-state index is 0.0594. The molecule has 1 saturated carbocycles. The van der Waals surface area contributed by atoms with Gasteiger partial charge in [-0.3, -0.25) is 0 Å². The van der Waals surface area contributed by atoms with Crippen molar-refractivity contribution in [3.05, 3.63) is 29.3 Å². The molecule has 20 heavy (non-hydrogen) atoms. The van der Waals surface area contributed by atoms with E-state index in [4.69, 9.17) is 5.11 Å². The van der Waals surface area contributed by atoms with E-state index in [0.29, 0.717) is 12.2 Å². The van der Waals surface area contributed by atoms with Gasteiger partial charge in [0.25, 0.3) is 0 Å². The number of benzene rings is 1. The van der Waals surface area contributed by atoms with Gasteiger partial charge in [-0.05, 0) is 37.6 Å². The lowest BCUT2D eigenvalue weighted by Crippen LogP contribution is -2.29. The average molecular weight is 288 g/mol. The Balaban J connectivity index is 2.34. The molecule has 3 nitrogen and oxygen atoms in total.